The maximum Gasteiger partial charge on any atom is 0.307 e. The second kappa shape index (κ2) is 6.41. The Morgan fingerprint density at radius 2 is 2.08 bits per heavy atom. The minimum atomic E-state index is -0.570. The van der Waals surface area contributed by atoms with Crippen molar-refractivity contribution in [2.24, 2.45) is 5.92 Å². The molecule has 1 saturated heterocycles. The highest BCUT2D eigenvalue weighted by atomic mass is 16.6. The number of imidazole rings is 1. The summed E-state index contributed by atoms with van der Waals surface area (Å²) < 4.78 is 7.74. The summed E-state index contributed by atoms with van der Waals surface area (Å²) in [5.41, 5.74) is 1.43. The molecule has 4 rings (SSSR count). The molecular weight excluding hydrogens is 330 g/mol. The van der Waals surface area contributed by atoms with Crippen LogP contribution in [0.2, 0.25) is 0 Å². The van der Waals surface area contributed by atoms with Crippen LogP contribution >= 0.6 is 0 Å². The summed E-state index contributed by atoms with van der Waals surface area (Å²) in [5.74, 6) is 0.108. The van der Waals surface area contributed by atoms with Crippen LogP contribution in [0.4, 0.5) is 0 Å². The Morgan fingerprint density at radius 1 is 1.35 bits per heavy atom. The molecule has 138 valence electrons. The molecule has 2 aliphatic rings. The van der Waals surface area contributed by atoms with Gasteiger partial charge in [-0.15, -0.1) is 0 Å². The van der Waals surface area contributed by atoms with E-state index in [1.807, 2.05) is 24.3 Å². The molecule has 1 amide bonds. The van der Waals surface area contributed by atoms with Crippen molar-refractivity contribution in [1.29, 1.82) is 0 Å². The smallest absolute Gasteiger partial charge is 0.307 e. The number of para-hydroxylation sites is 2. The van der Waals surface area contributed by atoms with Gasteiger partial charge < -0.3 is 14.6 Å². The molecule has 1 aliphatic heterocycles. The summed E-state index contributed by atoms with van der Waals surface area (Å²) >= 11 is 0. The maximum absolute atomic E-state index is 12.8. The predicted molar refractivity (Wildman–Crippen MR) is 97.4 cm³/mol. The van der Waals surface area contributed by atoms with Crippen molar-refractivity contribution in [3.8, 4) is 0 Å². The van der Waals surface area contributed by atoms with E-state index in [1.54, 1.807) is 0 Å². The van der Waals surface area contributed by atoms with Crippen LogP contribution in [0.5, 0.6) is 0 Å². The first-order valence-corrected chi connectivity index (χ1v) is 9.45. The molecule has 1 spiro atoms. The minimum absolute atomic E-state index is 0.0971. The lowest BCUT2D eigenvalue weighted by atomic mass is 9.85. The first-order valence-electron chi connectivity index (χ1n) is 9.45. The molecule has 1 aliphatic carbocycles. The van der Waals surface area contributed by atoms with Gasteiger partial charge in [-0.1, -0.05) is 12.1 Å². The third-order valence-corrected chi connectivity index (χ3v) is 5.70. The molecule has 6 nitrogen and oxygen atoms in total. The number of ether oxygens (including phenoxy) is 1. The van der Waals surface area contributed by atoms with Crippen molar-refractivity contribution in [2.75, 3.05) is 0 Å². The largest absolute Gasteiger partial charge is 0.458 e. The Labute approximate surface area is 152 Å². The SMILES string of the molecule is CC(C)n1c(CNC(=O)[C@H]2CC(=O)OC23CCCC3)nc2ccccc21. The van der Waals surface area contributed by atoms with Gasteiger partial charge in [-0.2, -0.15) is 0 Å². The molecule has 1 aromatic carbocycles. The average molecular weight is 355 g/mol. The molecular formula is C20H25N3O3. The highest BCUT2D eigenvalue weighted by molar-refractivity contribution is 5.88. The predicted octanol–water partition coefficient (Wildman–Crippen LogP) is 3.11. The van der Waals surface area contributed by atoms with E-state index in [2.05, 4.69) is 28.7 Å². The van der Waals surface area contributed by atoms with Gasteiger partial charge in [0.15, 0.2) is 0 Å². The minimum Gasteiger partial charge on any atom is -0.458 e. The monoisotopic (exact) mass is 355 g/mol. The van der Waals surface area contributed by atoms with Gasteiger partial charge in [0.1, 0.15) is 11.4 Å². The number of nitrogens with one attached hydrogen (secondary N) is 1. The fourth-order valence-electron chi connectivity index (χ4n) is 4.53. The third-order valence-electron chi connectivity index (χ3n) is 5.70. The van der Waals surface area contributed by atoms with Gasteiger partial charge in [0.05, 0.1) is 29.9 Å². The van der Waals surface area contributed by atoms with Gasteiger partial charge in [0, 0.05) is 6.04 Å². The van der Waals surface area contributed by atoms with E-state index in [4.69, 9.17) is 4.74 Å². The van der Waals surface area contributed by atoms with E-state index in [9.17, 15) is 9.59 Å². The fourth-order valence-corrected chi connectivity index (χ4v) is 4.53. The zero-order valence-electron chi connectivity index (χ0n) is 15.3. The van der Waals surface area contributed by atoms with Gasteiger partial charge in [0.2, 0.25) is 5.91 Å². The highest BCUT2D eigenvalue weighted by Gasteiger charge is 2.53. The van der Waals surface area contributed by atoms with Crippen LogP contribution in [0.1, 0.15) is 57.8 Å². The lowest BCUT2D eigenvalue weighted by molar-refractivity contribution is -0.150. The van der Waals surface area contributed by atoms with E-state index < -0.39 is 5.60 Å². The van der Waals surface area contributed by atoms with Gasteiger partial charge in [0.25, 0.3) is 0 Å². The fraction of sp³-hybridized carbons (Fsp3) is 0.550. The van der Waals surface area contributed by atoms with E-state index >= 15 is 0 Å². The topological polar surface area (TPSA) is 73.2 Å². The molecule has 2 fully saturated rings. The van der Waals surface area contributed by atoms with Crippen LogP contribution in [-0.4, -0.2) is 27.0 Å². The van der Waals surface area contributed by atoms with Gasteiger partial charge >= 0.3 is 5.97 Å². The summed E-state index contributed by atoms with van der Waals surface area (Å²) in [4.78, 5) is 29.4. The van der Waals surface area contributed by atoms with Crippen LogP contribution in [0.25, 0.3) is 11.0 Å². The van der Waals surface area contributed by atoms with Crippen molar-refractivity contribution < 1.29 is 14.3 Å². The first-order chi connectivity index (χ1) is 12.5. The van der Waals surface area contributed by atoms with Gasteiger partial charge in [-0.3, -0.25) is 9.59 Å². The second-order valence-corrected chi connectivity index (χ2v) is 7.70. The highest BCUT2D eigenvalue weighted by Crippen LogP contribution is 2.45. The molecule has 2 aromatic rings. The summed E-state index contributed by atoms with van der Waals surface area (Å²) in [6.07, 6.45) is 3.80. The molecule has 0 unspecified atom stereocenters. The Morgan fingerprint density at radius 3 is 2.81 bits per heavy atom. The van der Waals surface area contributed by atoms with Crippen LogP contribution in [0, 0.1) is 5.92 Å². The van der Waals surface area contributed by atoms with Crippen LogP contribution in [0.15, 0.2) is 24.3 Å². The van der Waals surface area contributed by atoms with Crippen molar-refractivity contribution in [3.05, 3.63) is 30.1 Å². The Balaban J connectivity index is 1.54. The van der Waals surface area contributed by atoms with E-state index in [0.29, 0.717) is 6.54 Å². The number of aromatic nitrogens is 2. The number of nitrogens with zero attached hydrogens (tertiary/aromatic N) is 2. The van der Waals surface area contributed by atoms with Gasteiger partial charge in [-0.05, 0) is 51.7 Å². The number of benzene rings is 1. The zero-order chi connectivity index (χ0) is 18.3. The summed E-state index contributed by atoms with van der Waals surface area (Å²) in [5, 5.41) is 3.01. The molecule has 0 bridgehead atoms. The number of esters is 1. The normalized spacial score (nSPS) is 21.7. The number of carbonyl (C=O) groups is 2. The Bertz CT molecular complexity index is 849. The second-order valence-electron chi connectivity index (χ2n) is 7.70. The number of hydrogen-bond acceptors (Lipinski definition) is 4. The number of rotatable bonds is 4. The van der Waals surface area contributed by atoms with E-state index in [1.165, 1.54) is 0 Å². The molecule has 1 saturated carbocycles. The number of carbonyl (C=O) groups excluding carboxylic acids is 2. The molecule has 1 atom stereocenters. The van der Waals surface area contributed by atoms with Crippen molar-refractivity contribution in [3.63, 3.8) is 0 Å². The Hall–Kier alpha value is -2.37. The molecule has 2 heterocycles. The summed E-state index contributed by atoms with van der Waals surface area (Å²) in [7, 11) is 0. The first kappa shape index (κ1) is 17.1. The molecule has 6 heteroatoms. The van der Waals surface area contributed by atoms with E-state index in [0.717, 1.165) is 42.5 Å². The number of amides is 1. The average Bonchev–Trinajstić information content (AvgIpc) is 3.30. The molecule has 1 aromatic heterocycles. The standard InChI is InChI=1S/C20H25N3O3/c1-13(2)23-16-8-4-3-7-15(16)22-17(23)12-21-19(25)14-11-18(24)26-20(14)9-5-6-10-20/h3-4,7-8,13-14H,5-6,9-12H2,1-2H3,(H,21,25)/t14-/m1/s1. The molecule has 0 radical (unpaired) electrons. The van der Waals surface area contributed by atoms with Crippen molar-refractivity contribution >= 4 is 22.9 Å². The lowest BCUT2D eigenvalue weighted by Crippen LogP contribution is -2.42. The Kier molecular flexibility index (Phi) is 4.21. The van der Waals surface area contributed by atoms with Crippen molar-refractivity contribution in [2.45, 2.75) is 64.1 Å². The zero-order valence-corrected chi connectivity index (χ0v) is 15.3. The quantitative estimate of drug-likeness (QED) is 0.855. The number of hydrogen-bond donors (Lipinski definition) is 1. The lowest BCUT2D eigenvalue weighted by Gasteiger charge is -2.28. The van der Waals surface area contributed by atoms with Crippen LogP contribution < -0.4 is 5.32 Å². The molecule has 1 N–H and O–H groups in total. The van der Waals surface area contributed by atoms with E-state index in [-0.39, 0.29) is 30.3 Å². The van der Waals surface area contributed by atoms with Gasteiger partial charge in [-0.25, -0.2) is 4.98 Å². The maximum atomic E-state index is 12.8. The third kappa shape index (κ3) is 2.77. The van der Waals surface area contributed by atoms with Crippen molar-refractivity contribution in [1.82, 2.24) is 14.9 Å². The summed E-state index contributed by atoms with van der Waals surface area (Å²) in [6, 6.07) is 8.23. The number of fused-ring (bicyclic) bond motifs is 1. The van der Waals surface area contributed by atoms with Crippen LogP contribution in [-0.2, 0) is 20.9 Å². The summed E-state index contributed by atoms with van der Waals surface area (Å²) in [6.45, 7) is 4.57. The molecule has 26 heavy (non-hydrogen) atoms. The van der Waals surface area contributed by atoms with Crippen LogP contribution in [0.3, 0.4) is 0 Å².